The van der Waals surface area contributed by atoms with E-state index >= 15 is 0 Å². The van der Waals surface area contributed by atoms with Crippen molar-refractivity contribution in [3.8, 4) is 0 Å². The molecule has 0 saturated carbocycles. The maximum Gasteiger partial charge on any atom is 0.231 e. The molecule has 21 heavy (non-hydrogen) atoms. The van der Waals surface area contributed by atoms with Crippen molar-refractivity contribution in [2.24, 2.45) is 0 Å². The van der Waals surface area contributed by atoms with Crippen LogP contribution in [0.25, 0.3) is 0 Å². The van der Waals surface area contributed by atoms with E-state index < -0.39 is 0 Å². The minimum Gasteiger partial charge on any atom is -0.342 e. The lowest BCUT2D eigenvalue weighted by atomic mass is 10.1. The molecule has 1 aromatic carbocycles. The Hall–Kier alpha value is -2.69. The first-order valence-electron chi connectivity index (χ1n) is 6.60. The number of aromatic nitrogens is 2. The second kappa shape index (κ2) is 5.75. The van der Waals surface area contributed by atoms with Gasteiger partial charge in [-0.2, -0.15) is 0 Å². The molecule has 2 aromatic rings. The van der Waals surface area contributed by atoms with Crippen LogP contribution in [0.3, 0.4) is 0 Å². The minimum atomic E-state index is 0.0770. The zero-order valence-electron chi connectivity index (χ0n) is 11.6. The van der Waals surface area contributed by atoms with Crippen molar-refractivity contribution >= 4 is 11.7 Å². The van der Waals surface area contributed by atoms with Crippen LogP contribution in [-0.2, 0) is 6.54 Å². The smallest absolute Gasteiger partial charge is 0.231 e. The van der Waals surface area contributed by atoms with Crippen LogP contribution in [0, 0.1) is 6.67 Å². The lowest BCUT2D eigenvalue weighted by Crippen LogP contribution is -2.20. The number of nitrogens with zero attached hydrogens (tertiary/aromatic N) is 4. The van der Waals surface area contributed by atoms with Gasteiger partial charge < -0.3 is 4.90 Å². The molecule has 0 spiro atoms. The van der Waals surface area contributed by atoms with Crippen molar-refractivity contribution in [1.29, 1.82) is 0 Å². The van der Waals surface area contributed by atoms with Crippen LogP contribution in [0.1, 0.15) is 22.8 Å². The number of carbonyl (C=O) groups excluding carboxylic acids is 1. The molecule has 0 N–H and O–H groups in total. The van der Waals surface area contributed by atoms with Gasteiger partial charge in [0.1, 0.15) is 0 Å². The number of ketones is 1. The van der Waals surface area contributed by atoms with Gasteiger partial charge in [0.2, 0.25) is 12.6 Å². The molecule has 0 saturated heterocycles. The summed E-state index contributed by atoms with van der Waals surface area (Å²) in [6.45, 7) is 5.40. The van der Waals surface area contributed by atoms with Gasteiger partial charge in [-0.1, -0.05) is 24.3 Å². The molecule has 1 aliphatic heterocycles. The van der Waals surface area contributed by atoms with E-state index in [1.165, 1.54) is 0 Å². The molecule has 1 aliphatic rings. The molecule has 3 rings (SSSR count). The number of rotatable bonds is 4. The normalized spacial score (nSPS) is 13.8. The summed E-state index contributed by atoms with van der Waals surface area (Å²) in [5.41, 5.74) is 1.83. The molecule has 2 heterocycles. The second-order valence-electron chi connectivity index (χ2n) is 4.70. The summed E-state index contributed by atoms with van der Waals surface area (Å²) in [6, 6.07) is 9.37. The molecule has 1 aromatic heterocycles. The van der Waals surface area contributed by atoms with E-state index in [0.29, 0.717) is 12.5 Å². The van der Waals surface area contributed by atoms with Crippen LogP contribution in [-0.4, -0.2) is 20.7 Å². The molecule has 5 heteroatoms. The largest absolute Gasteiger partial charge is 0.342 e. The van der Waals surface area contributed by atoms with Gasteiger partial charge in [-0.05, 0) is 18.6 Å². The van der Waals surface area contributed by atoms with Gasteiger partial charge in [-0.3, -0.25) is 9.69 Å². The predicted octanol–water partition coefficient (Wildman–Crippen LogP) is 2.47. The van der Waals surface area contributed by atoms with Crippen molar-refractivity contribution in [3.63, 3.8) is 0 Å². The van der Waals surface area contributed by atoms with Gasteiger partial charge in [0.15, 0.2) is 5.78 Å². The predicted molar refractivity (Wildman–Crippen MR) is 78.9 cm³/mol. The molecule has 0 unspecified atom stereocenters. The Balaban J connectivity index is 1.63. The van der Waals surface area contributed by atoms with Crippen LogP contribution >= 0.6 is 0 Å². The third kappa shape index (κ3) is 3.08. The summed E-state index contributed by atoms with van der Waals surface area (Å²) in [6.07, 6.45) is 7.16. The van der Waals surface area contributed by atoms with E-state index in [-0.39, 0.29) is 5.78 Å². The van der Waals surface area contributed by atoms with Crippen molar-refractivity contribution in [1.82, 2.24) is 14.9 Å². The van der Waals surface area contributed by atoms with Crippen molar-refractivity contribution < 1.29 is 4.79 Å². The van der Waals surface area contributed by atoms with E-state index in [1.54, 1.807) is 30.3 Å². The third-order valence-corrected chi connectivity index (χ3v) is 3.11. The van der Waals surface area contributed by atoms with Crippen LogP contribution in [0.4, 0.5) is 5.95 Å². The number of carbonyl (C=O) groups is 1. The number of Topliss-reactive ketones (excluding diaryl/α,β-unsaturated/α-hetero) is 1. The summed E-state index contributed by atoms with van der Waals surface area (Å²) < 4.78 is 0. The standard InChI is InChI=1S/C16H14N4O/c1-13(21)15-5-3-14(4-6-15)11-19-9-10-20(12-19)16-17-7-2-8-18-16/h2-10H,11H2,1H3. The van der Waals surface area contributed by atoms with E-state index in [9.17, 15) is 4.79 Å². The lowest BCUT2D eigenvalue weighted by molar-refractivity contribution is 0.101. The van der Waals surface area contributed by atoms with E-state index in [0.717, 1.165) is 11.1 Å². The molecule has 5 nitrogen and oxygen atoms in total. The van der Waals surface area contributed by atoms with Crippen LogP contribution in [0.5, 0.6) is 0 Å². The van der Waals surface area contributed by atoms with Crippen LogP contribution < -0.4 is 4.90 Å². The maximum absolute atomic E-state index is 11.2. The molecule has 2 radical (unpaired) electrons. The van der Waals surface area contributed by atoms with E-state index in [4.69, 9.17) is 0 Å². The Bertz CT molecular complexity index is 652. The topological polar surface area (TPSA) is 49.3 Å². The fourth-order valence-corrected chi connectivity index (χ4v) is 2.01. The third-order valence-electron chi connectivity index (χ3n) is 3.11. The second-order valence-corrected chi connectivity index (χ2v) is 4.70. The first-order valence-corrected chi connectivity index (χ1v) is 6.60. The van der Waals surface area contributed by atoms with Gasteiger partial charge in [-0.15, -0.1) is 0 Å². The van der Waals surface area contributed by atoms with Gasteiger partial charge in [0.25, 0.3) is 0 Å². The average Bonchev–Trinajstić information content (AvgIpc) is 2.97. The first kappa shape index (κ1) is 13.3. The Labute approximate surface area is 123 Å². The molecule has 0 atom stereocenters. The fraction of sp³-hybridized carbons (Fsp3) is 0.125. The molecule has 0 amide bonds. The fourth-order valence-electron chi connectivity index (χ4n) is 2.01. The Morgan fingerprint density at radius 2 is 1.86 bits per heavy atom. The molecule has 0 aliphatic carbocycles. The summed E-state index contributed by atoms with van der Waals surface area (Å²) in [5, 5.41) is 0. The Morgan fingerprint density at radius 1 is 1.14 bits per heavy atom. The maximum atomic E-state index is 11.2. The summed E-state index contributed by atoms with van der Waals surface area (Å²) in [4.78, 5) is 23.2. The van der Waals surface area contributed by atoms with Crippen molar-refractivity contribution in [3.05, 3.63) is 72.9 Å². The first-order chi connectivity index (χ1) is 10.2. The minimum absolute atomic E-state index is 0.0770. The van der Waals surface area contributed by atoms with Gasteiger partial charge in [-0.25, -0.2) is 9.97 Å². The number of benzene rings is 1. The van der Waals surface area contributed by atoms with Crippen LogP contribution in [0.15, 0.2) is 55.1 Å². The van der Waals surface area contributed by atoms with Gasteiger partial charge in [0.05, 0.1) is 0 Å². The SMILES string of the molecule is CC(=O)c1ccc(CN2[C]N(c3ncccn3)C=C2)cc1. The Kier molecular flexibility index (Phi) is 3.64. The highest BCUT2D eigenvalue weighted by Crippen LogP contribution is 2.19. The van der Waals surface area contributed by atoms with Crippen molar-refractivity contribution in [2.45, 2.75) is 13.5 Å². The average molecular weight is 278 g/mol. The van der Waals surface area contributed by atoms with E-state index in [1.807, 2.05) is 41.6 Å². The zero-order chi connectivity index (χ0) is 14.7. The Morgan fingerprint density at radius 3 is 2.52 bits per heavy atom. The number of hydrogen-bond acceptors (Lipinski definition) is 5. The molecular formula is C16H14N4O. The molecular weight excluding hydrogens is 264 g/mol. The summed E-state index contributed by atoms with van der Waals surface area (Å²) in [5.74, 6) is 0.663. The number of hydrogen-bond donors (Lipinski definition) is 0. The van der Waals surface area contributed by atoms with E-state index in [2.05, 4.69) is 16.6 Å². The number of anilines is 1. The molecule has 0 fully saturated rings. The van der Waals surface area contributed by atoms with Gasteiger partial charge in [0, 0.05) is 36.9 Å². The lowest BCUT2D eigenvalue weighted by Gasteiger charge is -2.17. The highest BCUT2D eigenvalue weighted by molar-refractivity contribution is 5.93. The highest BCUT2D eigenvalue weighted by atomic mass is 16.1. The summed E-state index contributed by atoms with van der Waals surface area (Å²) in [7, 11) is 0. The highest BCUT2D eigenvalue weighted by Gasteiger charge is 2.18. The quantitative estimate of drug-likeness (QED) is 0.804. The zero-order valence-corrected chi connectivity index (χ0v) is 11.6. The molecule has 0 bridgehead atoms. The van der Waals surface area contributed by atoms with Crippen LogP contribution in [0.2, 0.25) is 0 Å². The van der Waals surface area contributed by atoms with Gasteiger partial charge >= 0.3 is 0 Å². The summed E-state index contributed by atoms with van der Waals surface area (Å²) >= 11 is 0. The van der Waals surface area contributed by atoms with Crippen molar-refractivity contribution in [2.75, 3.05) is 4.90 Å². The monoisotopic (exact) mass is 278 g/mol. The molecule has 104 valence electrons.